The van der Waals surface area contributed by atoms with Crippen LogP contribution in [-0.4, -0.2) is 30.2 Å². The molecule has 0 saturated carbocycles. The van der Waals surface area contributed by atoms with Crippen molar-refractivity contribution in [3.05, 3.63) is 42.1 Å². The summed E-state index contributed by atoms with van der Waals surface area (Å²) in [7, 11) is 1.68. The predicted octanol–water partition coefficient (Wildman–Crippen LogP) is 2.54. The Morgan fingerprint density at radius 1 is 1.20 bits per heavy atom. The first-order valence-corrected chi connectivity index (χ1v) is 6.65. The summed E-state index contributed by atoms with van der Waals surface area (Å²) in [6.45, 7) is 3.25. The van der Waals surface area contributed by atoms with E-state index in [1.54, 1.807) is 19.4 Å². The van der Waals surface area contributed by atoms with Crippen molar-refractivity contribution in [1.82, 2.24) is 9.97 Å². The number of rotatable bonds is 7. The highest BCUT2D eigenvalue weighted by atomic mass is 16.5. The zero-order valence-corrected chi connectivity index (χ0v) is 11.8. The standard InChI is InChI=1S/C15H19N3O2/c1-3-20-14-9-11-17-15(18-14)16-10-8-12-6-4-5-7-13(12)19-2/h4-7,9,11H,3,8,10H2,1-2H3,(H,16,17,18). The summed E-state index contributed by atoms with van der Waals surface area (Å²) in [5, 5.41) is 3.19. The van der Waals surface area contributed by atoms with E-state index in [9.17, 15) is 0 Å². The lowest BCUT2D eigenvalue weighted by atomic mass is 10.1. The number of para-hydroxylation sites is 1. The lowest BCUT2D eigenvalue weighted by molar-refractivity contribution is 0.326. The van der Waals surface area contributed by atoms with Gasteiger partial charge in [0, 0.05) is 18.8 Å². The van der Waals surface area contributed by atoms with Gasteiger partial charge in [-0.15, -0.1) is 0 Å². The van der Waals surface area contributed by atoms with Crippen molar-refractivity contribution in [2.75, 3.05) is 25.6 Å². The Hall–Kier alpha value is -2.30. The van der Waals surface area contributed by atoms with Crippen LogP contribution in [0.2, 0.25) is 0 Å². The van der Waals surface area contributed by atoms with Crippen LogP contribution in [0.1, 0.15) is 12.5 Å². The fourth-order valence-corrected chi connectivity index (χ4v) is 1.87. The second-order valence-corrected chi connectivity index (χ2v) is 4.14. The predicted molar refractivity (Wildman–Crippen MR) is 78.4 cm³/mol. The molecule has 0 atom stereocenters. The normalized spacial score (nSPS) is 10.1. The SMILES string of the molecule is CCOc1ccnc(NCCc2ccccc2OC)n1. The highest BCUT2D eigenvalue weighted by Gasteiger charge is 2.03. The summed E-state index contributed by atoms with van der Waals surface area (Å²) in [5.41, 5.74) is 1.16. The molecular weight excluding hydrogens is 254 g/mol. The number of hydrogen-bond donors (Lipinski definition) is 1. The molecule has 0 aliphatic carbocycles. The summed E-state index contributed by atoms with van der Waals surface area (Å²) >= 11 is 0. The summed E-state index contributed by atoms with van der Waals surface area (Å²) in [6, 6.07) is 9.73. The lowest BCUT2D eigenvalue weighted by Crippen LogP contribution is -2.09. The third-order valence-electron chi connectivity index (χ3n) is 2.79. The molecule has 20 heavy (non-hydrogen) atoms. The Morgan fingerprint density at radius 3 is 2.85 bits per heavy atom. The van der Waals surface area contributed by atoms with E-state index in [4.69, 9.17) is 9.47 Å². The van der Waals surface area contributed by atoms with Crippen molar-refractivity contribution in [2.45, 2.75) is 13.3 Å². The molecule has 0 radical (unpaired) electrons. The van der Waals surface area contributed by atoms with E-state index in [2.05, 4.69) is 21.4 Å². The monoisotopic (exact) mass is 273 g/mol. The Labute approximate surface area is 119 Å². The fraction of sp³-hybridized carbons (Fsp3) is 0.333. The van der Waals surface area contributed by atoms with Crippen molar-refractivity contribution >= 4 is 5.95 Å². The first-order valence-electron chi connectivity index (χ1n) is 6.65. The van der Waals surface area contributed by atoms with Crippen molar-refractivity contribution < 1.29 is 9.47 Å². The molecule has 0 spiro atoms. The maximum Gasteiger partial charge on any atom is 0.225 e. The topological polar surface area (TPSA) is 56.3 Å². The smallest absolute Gasteiger partial charge is 0.225 e. The number of benzene rings is 1. The van der Waals surface area contributed by atoms with E-state index < -0.39 is 0 Å². The van der Waals surface area contributed by atoms with Crippen LogP contribution < -0.4 is 14.8 Å². The molecule has 5 heteroatoms. The molecule has 0 aliphatic heterocycles. The summed E-state index contributed by atoms with van der Waals surface area (Å²) in [5.74, 6) is 2.06. The average molecular weight is 273 g/mol. The Balaban J connectivity index is 1.91. The van der Waals surface area contributed by atoms with Crippen LogP contribution in [0, 0.1) is 0 Å². The molecule has 0 saturated heterocycles. The number of hydrogen-bond acceptors (Lipinski definition) is 5. The minimum absolute atomic E-state index is 0.575. The van der Waals surface area contributed by atoms with Gasteiger partial charge in [0.2, 0.25) is 11.8 Å². The summed E-state index contributed by atoms with van der Waals surface area (Å²) in [6.07, 6.45) is 2.52. The van der Waals surface area contributed by atoms with Crippen LogP contribution in [0.4, 0.5) is 5.95 Å². The third-order valence-corrected chi connectivity index (χ3v) is 2.79. The number of nitrogens with zero attached hydrogens (tertiary/aromatic N) is 2. The summed E-state index contributed by atoms with van der Waals surface area (Å²) in [4.78, 5) is 8.42. The van der Waals surface area contributed by atoms with Gasteiger partial charge in [-0.1, -0.05) is 18.2 Å². The van der Waals surface area contributed by atoms with Gasteiger partial charge in [0.05, 0.1) is 13.7 Å². The molecule has 1 aromatic heterocycles. The molecule has 0 fully saturated rings. The van der Waals surface area contributed by atoms with Crippen LogP contribution in [0.15, 0.2) is 36.5 Å². The molecule has 2 aromatic rings. The van der Waals surface area contributed by atoms with Gasteiger partial charge in [-0.3, -0.25) is 0 Å². The van der Waals surface area contributed by atoms with E-state index in [1.807, 2.05) is 25.1 Å². The second-order valence-electron chi connectivity index (χ2n) is 4.14. The van der Waals surface area contributed by atoms with E-state index in [0.717, 1.165) is 24.3 Å². The number of anilines is 1. The van der Waals surface area contributed by atoms with Gasteiger partial charge >= 0.3 is 0 Å². The maximum atomic E-state index is 5.34. The van der Waals surface area contributed by atoms with E-state index >= 15 is 0 Å². The first-order chi connectivity index (χ1) is 9.83. The minimum atomic E-state index is 0.575. The molecule has 0 bridgehead atoms. The molecule has 106 valence electrons. The van der Waals surface area contributed by atoms with Crippen LogP contribution in [0.25, 0.3) is 0 Å². The minimum Gasteiger partial charge on any atom is -0.496 e. The Morgan fingerprint density at radius 2 is 2.05 bits per heavy atom. The quantitative estimate of drug-likeness (QED) is 0.840. The fourth-order valence-electron chi connectivity index (χ4n) is 1.87. The molecule has 0 amide bonds. The maximum absolute atomic E-state index is 5.34. The van der Waals surface area contributed by atoms with E-state index in [0.29, 0.717) is 18.4 Å². The van der Waals surface area contributed by atoms with Gasteiger partial charge in [0.15, 0.2) is 0 Å². The Kier molecular flexibility index (Phi) is 5.17. The van der Waals surface area contributed by atoms with Crippen molar-refractivity contribution in [3.8, 4) is 11.6 Å². The van der Waals surface area contributed by atoms with Gasteiger partial charge in [0.25, 0.3) is 0 Å². The van der Waals surface area contributed by atoms with Crippen LogP contribution in [0.3, 0.4) is 0 Å². The van der Waals surface area contributed by atoms with Crippen molar-refractivity contribution in [1.29, 1.82) is 0 Å². The van der Waals surface area contributed by atoms with Crippen molar-refractivity contribution in [2.24, 2.45) is 0 Å². The van der Waals surface area contributed by atoms with Crippen LogP contribution in [-0.2, 0) is 6.42 Å². The average Bonchev–Trinajstić information content (AvgIpc) is 2.48. The lowest BCUT2D eigenvalue weighted by Gasteiger charge is -2.09. The molecular formula is C15H19N3O2. The number of aromatic nitrogens is 2. The van der Waals surface area contributed by atoms with E-state index in [-0.39, 0.29) is 0 Å². The third kappa shape index (κ3) is 3.85. The van der Waals surface area contributed by atoms with Gasteiger partial charge in [-0.05, 0) is 25.0 Å². The molecule has 1 aromatic carbocycles. The zero-order chi connectivity index (χ0) is 14.2. The first kappa shape index (κ1) is 14.1. The molecule has 1 heterocycles. The van der Waals surface area contributed by atoms with Crippen molar-refractivity contribution in [3.63, 3.8) is 0 Å². The molecule has 1 N–H and O–H groups in total. The van der Waals surface area contributed by atoms with Crippen LogP contribution in [0.5, 0.6) is 11.6 Å². The zero-order valence-electron chi connectivity index (χ0n) is 11.8. The van der Waals surface area contributed by atoms with Crippen LogP contribution >= 0.6 is 0 Å². The number of methoxy groups -OCH3 is 1. The molecule has 2 rings (SSSR count). The van der Waals surface area contributed by atoms with Gasteiger partial charge in [-0.25, -0.2) is 4.98 Å². The highest BCUT2D eigenvalue weighted by molar-refractivity contribution is 5.34. The van der Waals surface area contributed by atoms with Gasteiger partial charge in [0.1, 0.15) is 5.75 Å². The van der Waals surface area contributed by atoms with E-state index in [1.165, 1.54) is 0 Å². The molecule has 5 nitrogen and oxygen atoms in total. The van der Waals surface area contributed by atoms with Gasteiger partial charge in [-0.2, -0.15) is 4.98 Å². The molecule has 0 unspecified atom stereocenters. The largest absolute Gasteiger partial charge is 0.496 e. The number of nitrogens with one attached hydrogen (secondary N) is 1. The van der Waals surface area contributed by atoms with Gasteiger partial charge < -0.3 is 14.8 Å². The second kappa shape index (κ2) is 7.33. The highest BCUT2D eigenvalue weighted by Crippen LogP contribution is 2.17. The summed E-state index contributed by atoms with van der Waals surface area (Å²) < 4.78 is 10.7. The molecule has 0 aliphatic rings. The number of ether oxygens (including phenoxy) is 2. The Bertz CT molecular complexity index is 546.